The zero-order chi connectivity index (χ0) is 18.8. The Labute approximate surface area is 161 Å². The minimum atomic E-state index is 0.408. The quantitative estimate of drug-likeness (QED) is 0.533. The summed E-state index contributed by atoms with van der Waals surface area (Å²) < 4.78 is 10.6. The third-order valence-corrected chi connectivity index (χ3v) is 4.83. The molecule has 0 amide bonds. The molecule has 1 aliphatic rings. The van der Waals surface area contributed by atoms with Crippen LogP contribution in [-0.2, 0) is 11.2 Å². The minimum Gasteiger partial charge on any atom is -0.497 e. The zero-order valence-corrected chi connectivity index (χ0v) is 16.8. The van der Waals surface area contributed by atoms with Crippen molar-refractivity contribution in [2.45, 2.75) is 26.3 Å². The normalized spacial score (nSPS) is 17.0. The number of rotatable bonds is 8. The molecule has 1 unspecified atom stereocenters. The lowest BCUT2D eigenvalue weighted by atomic mass is 10.1. The van der Waals surface area contributed by atoms with Gasteiger partial charge in [-0.3, -0.25) is 9.89 Å². The van der Waals surface area contributed by atoms with Gasteiger partial charge >= 0.3 is 0 Å². The SMILES string of the molecule is CCNC(=NCC(C)N1CCOCC1)NCCc1ccc(OC)cc1Cl. The molecule has 1 fully saturated rings. The highest BCUT2D eigenvalue weighted by atomic mass is 35.5. The molecule has 1 aromatic carbocycles. The average Bonchev–Trinajstić information content (AvgIpc) is 2.67. The molecular weight excluding hydrogens is 352 g/mol. The first-order valence-corrected chi connectivity index (χ1v) is 9.68. The molecule has 1 aromatic rings. The van der Waals surface area contributed by atoms with Gasteiger partial charge in [0, 0.05) is 37.2 Å². The first-order chi connectivity index (χ1) is 12.6. The highest BCUT2D eigenvalue weighted by Crippen LogP contribution is 2.22. The Hall–Kier alpha value is -1.50. The number of benzene rings is 1. The number of guanidine groups is 1. The first kappa shape index (κ1) is 20.8. The fourth-order valence-corrected chi connectivity index (χ4v) is 3.14. The Morgan fingerprint density at radius 3 is 2.77 bits per heavy atom. The lowest BCUT2D eigenvalue weighted by molar-refractivity contribution is 0.0220. The van der Waals surface area contributed by atoms with Crippen LogP contribution in [0.4, 0.5) is 0 Å². The summed E-state index contributed by atoms with van der Waals surface area (Å²) in [6.45, 7) is 10.2. The number of nitrogens with zero attached hydrogens (tertiary/aromatic N) is 2. The third kappa shape index (κ3) is 6.67. The number of methoxy groups -OCH3 is 1. The molecule has 1 saturated heterocycles. The van der Waals surface area contributed by atoms with Crippen molar-refractivity contribution in [3.05, 3.63) is 28.8 Å². The second-order valence-corrected chi connectivity index (χ2v) is 6.76. The molecule has 6 nitrogen and oxygen atoms in total. The van der Waals surface area contributed by atoms with E-state index in [1.807, 2.05) is 18.2 Å². The van der Waals surface area contributed by atoms with Gasteiger partial charge in [-0.25, -0.2) is 0 Å². The van der Waals surface area contributed by atoms with Crippen molar-refractivity contribution in [3.8, 4) is 5.75 Å². The molecule has 0 aliphatic carbocycles. The lowest BCUT2D eigenvalue weighted by Crippen LogP contribution is -2.44. The maximum Gasteiger partial charge on any atom is 0.191 e. The van der Waals surface area contributed by atoms with Crippen LogP contribution in [0.25, 0.3) is 0 Å². The van der Waals surface area contributed by atoms with E-state index < -0.39 is 0 Å². The van der Waals surface area contributed by atoms with Gasteiger partial charge in [0.2, 0.25) is 0 Å². The van der Waals surface area contributed by atoms with E-state index in [0.29, 0.717) is 6.04 Å². The summed E-state index contributed by atoms with van der Waals surface area (Å²) in [7, 11) is 1.64. The van der Waals surface area contributed by atoms with Gasteiger partial charge in [0.05, 0.1) is 26.9 Å². The Morgan fingerprint density at radius 2 is 2.12 bits per heavy atom. The lowest BCUT2D eigenvalue weighted by Gasteiger charge is -2.31. The largest absolute Gasteiger partial charge is 0.497 e. The van der Waals surface area contributed by atoms with Crippen molar-refractivity contribution >= 4 is 17.6 Å². The van der Waals surface area contributed by atoms with Crippen molar-refractivity contribution in [2.24, 2.45) is 4.99 Å². The summed E-state index contributed by atoms with van der Waals surface area (Å²) in [5.74, 6) is 1.62. The number of nitrogens with one attached hydrogen (secondary N) is 2. The van der Waals surface area contributed by atoms with Gasteiger partial charge in [-0.2, -0.15) is 0 Å². The molecule has 26 heavy (non-hydrogen) atoms. The predicted octanol–water partition coefficient (Wildman–Crippen LogP) is 2.17. The van der Waals surface area contributed by atoms with Crippen molar-refractivity contribution in [3.63, 3.8) is 0 Å². The van der Waals surface area contributed by atoms with E-state index in [0.717, 1.165) is 74.7 Å². The third-order valence-electron chi connectivity index (χ3n) is 4.47. The Bertz CT molecular complexity index is 577. The predicted molar refractivity (Wildman–Crippen MR) is 108 cm³/mol. The van der Waals surface area contributed by atoms with Crippen LogP contribution in [0.5, 0.6) is 5.75 Å². The van der Waals surface area contributed by atoms with Crippen LogP contribution in [0.15, 0.2) is 23.2 Å². The zero-order valence-electron chi connectivity index (χ0n) is 16.1. The van der Waals surface area contributed by atoms with Crippen molar-refractivity contribution in [2.75, 3.05) is 53.0 Å². The molecule has 2 rings (SSSR count). The maximum atomic E-state index is 6.30. The molecule has 0 saturated carbocycles. The topological polar surface area (TPSA) is 58.1 Å². The second kappa shape index (κ2) is 11.3. The number of morpholine rings is 1. The summed E-state index contributed by atoms with van der Waals surface area (Å²) in [4.78, 5) is 7.15. The Kier molecular flexibility index (Phi) is 9.01. The van der Waals surface area contributed by atoms with Gasteiger partial charge in [0.15, 0.2) is 5.96 Å². The smallest absolute Gasteiger partial charge is 0.191 e. The Morgan fingerprint density at radius 1 is 1.35 bits per heavy atom. The average molecular weight is 383 g/mol. The van der Waals surface area contributed by atoms with E-state index in [4.69, 9.17) is 26.1 Å². The van der Waals surface area contributed by atoms with E-state index >= 15 is 0 Å². The van der Waals surface area contributed by atoms with Crippen LogP contribution in [0.3, 0.4) is 0 Å². The van der Waals surface area contributed by atoms with E-state index in [1.165, 1.54) is 0 Å². The summed E-state index contributed by atoms with van der Waals surface area (Å²) in [5, 5.41) is 7.42. The molecule has 1 atom stereocenters. The van der Waals surface area contributed by atoms with Crippen LogP contribution in [0.2, 0.25) is 5.02 Å². The summed E-state index contributed by atoms with van der Waals surface area (Å²) >= 11 is 6.30. The minimum absolute atomic E-state index is 0.408. The van der Waals surface area contributed by atoms with Gasteiger partial charge in [-0.1, -0.05) is 17.7 Å². The van der Waals surface area contributed by atoms with Gasteiger partial charge in [0.1, 0.15) is 5.75 Å². The Balaban J connectivity index is 1.83. The van der Waals surface area contributed by atoms with Crippen LogP contribution in [0, 0.1) is 0 Å². The van der Waals surface area contributed by atoms with E-state index in [9.17, 15) is 0 Å². The molecule has 1 heterocycles. The monoisotopic (exact) mass is 382 g/mol. The van der Waals surface area contributed by atoms with Gasteiger partial charge in [0.25, 0.3) is 0 Å². The highest BCUT2D eigenvalue weighted by molar-refractivity contribution is 6.31. The fourth-order valence-electron chi connectivity index (χ4n) is 2.87. The molecule has 0 bridgehead atoms. The van der Waals surface area contributed by atoms with E-state index in [2.05, 4.69) is 29.4 Å². The molecule has 0 spiro atoms. The first-order valence-electron chi connectivity index (χ1n) is 9.30. The summed E-state index contributed by atoms with van der Waals surface area (Å²) in [6, 6.07) is 6.20. The number of hydrogen-bond donors (Lipinski definition) is 2. The summed E-state index contributed by atoms with van der Waals surface area (Å²) in [5.41, 5.74) is 1.09. The number of aliphatic imine (C=N–C) groups is 1. The molecule has 1 aliphatic heterocycles. The molecule has 0 radical (unpaired) electrons. The standard InChI is InChI=1S/C19H31ClN4O2/c1-4-21-19(23-14-15(2)24-9-11-26-12-10-24)22-8-7-16-5-6-17(25-3)13-18(16)20/h5-6,13,15H,4,7-12,14H2,1-3H3,(H2,21,22,23). The molecule has 7 heteroatoms. The fraction of sp³-hybridized carbons (Fsp3) is 0.632. The van der Waals surface area contributed by atoms with E-state index in [1.54, 1.807) is 7.11 Å². The summed E-state index contributed by atoms with van der Waals surface area (Å²) in [6.07, 6.45) is 0.826. The van der Waals surface area contributed by atoms with Crippen LogP contribution < -0.4 is 15.4 Å². The van der Waals surface area contributed by atoms with Gasteiger partial charge < -0.3 is 20.1 Å². The second-order valence-electron chi connectivity index (χ2n) is 6.35. The molecular formula is C19H31ClN4O2. The van der Waals surface area contributed by atoms with Crippen LogP contribution in [0.1, 0.15) is 19.4 Å². The van der Waals surface area contributed by atoms with E-state index in [-0.39, 0.29) is 0 Å². The van der Waals surface area contributed by atoms with Crippen molar-refractivity contribution in [1.82, 2.24) is 15.5 Å². The van der Waals surface area contributed by atoms with Crippen molar-refractivity contribution in [1.29, 1.82) is 0 Å². The van der Waals surface area contributed by atoms with Gasteiger partial charge in [-0.15, -0.1) is 0 Å². The molecule has 2 N–H and O–H groups in total. The van der Waals surface area contributed by atoms with Gasteiger partial charge in [-0.05, 0) is 38.0 Å². The molecule has 0 aromatic heterocycles. The molecule has 146 valence electrons. The number of ether oxygens (including phenoxy) is 2. The van der Waals surface area contributed by atoms with Crippen LogP contribution in [-0.4, -0.2) is 69.9 Å². The van der Waals surface area contributed by atoms with Crippen molar-refractivity contribution < 1.29 is 9.47 Å². The highest BCUT2D eigenvalue weighted by Gasteiger charge is 2.16. The maximum absolute atomic E-state index is 6.30. The van der Waals surface area contributed by atoms with Crippen LogP contribution >= 0.6 is 11.6 Å². The number of hydrogen-bond acceptors (Lipinski definition) is 4. The number of halogens is 1.